The van der Waals surface area contributed by atoms with Crippen LogP contribution in [0.1, 0.15) is 66.6 Å². The van der Waals surface area contributed by atoms with Crippen LogP contribution in [-0.2, 0) is 16.0 Å². The Bertz CT molecular complexity index is 1490. The molecule has 226 valence electrons. The highest BCUT2D eigenvalue weighted by molar-refractivity contribution is 5.82. The van der Waals surface area contributed by atoms with Gasteiger partial charge in [0.1, 0.15) is 6.04 Å². The Kier molecular flexibility index (Phi) is 10.8. The molecule has 0 aliphatic heterocycles. The summed E-state index contributed by atoms with van der Waals surface area (Å²) < 4.78 is 31.7. The van der Waals surface area contributed by atoms with Gasteiger partial charge < -0.3 is 19.9 Å². The van der Waals surface area contributed by atoms with E-state index >= 15 is 4.39 Å². The summed E-state index contributed by atoms with van der Waals surface area (Å²) in [6.45, 7) is 10.1. The number of carbonyl (C=O) groups excluding carboxylic acids is 1. The van der Waals surface area contributed by atoms with Crippen LogP contribution in [0.3, 0.4) is 0 Å². The van der Waals surface area contributed by atoms with E-state index in [1.807, 2.05) is 71.8 Å². The Hall–Kier alpha value is -3.85. The number of hydrogen-bond acceptors (Lipinski definition) is 4. The standard InChI is InChI=1S/C33H41F2N3O4/c1-19(2)13-28(38-18-23(11-12-37(6)7)22(5)14-29(38)39)33(42)36-27(17-30(40)41)25-15-24(16-26(34)32(25)35)31-20(3)9-8-10-21(31)4/h8-10,14-16,18-19,27-28H,11-13,17H2,1-7H3,(H,36,42)(H,40,41)/t27-,28-/m0/s1. The number of likely N-dealkylation sites (N-methyl/N-ethyl adjacent to an activating group) is 1. The molecule has 2 atom stereocenters. The number of carboxylic acids is 1. The maximum absolute atomic E-state index is 15.3. The van der Waals surface area contributed by atoms with Crippen LogP contribution in [0.15, 0.2) is 47.4 Å². The van der Waals surface area contributed by atoms with E-state index in [1.165, 1.54) is 16.7 Å². The van der Waals surface area contributed by atoms with Crippen LogP contribution in [0, 0.1) is 38.3 Å². The van der Waals surface area contributed by atoms with Crippen molar-refractivity contribution in [3.8, 4) is 11.1 Å². The number of rotatable bonds is 12. The number of benzene rings is 2. The number of carboxylic acid groups (broad SMARTS) is 1. The molecule has 0 saturated heterocycles. The van der Waals surface area contributed by atoms with Crippen LogP contribution in [0.5, 0.6) is 0 Å². The van der Waals surface area contributed by atoms with Gasteiger partial charge in [0.05, 0.1) is 12.5 Å². The van der Waals surface area contributed by atoms with Crippen LogP contribution in [-0.4, -0.2) is 47.1 Å². The van der Waals surface area contributed by atoms with Crippen molar-refractivity contribution in [1.82, 2.24) is 14.8 Å². The molecule has 0 unspecified atom stereocenters. The van der Waals surface area contributed by atoms with Crippen molar-refractivity contribution in [2.75, 3.05) is 20.6 Å². The molecule has 9 heteroatoms. The maximum atomic E-state index is 15.3. The van der Waals surface area contributed by atoms with Gasteiger partial charge in [0.2, 0.25) is 5.91 Å². The molecular formula is C33H41F2N3O4. The summed E-state index contributed by atoms with van der Waals surface area (Å²) in [5.41, 5.74) is 3.84. The van der Waals surface area contributed by atoms with Gasteiger partial charge in [0.25, 0.3) is 5.56 Å². The lowest BCUT2D eigenvalue weighted by molar-refractivity contribution is -0.138. The Labute approximate surface area is 246 Å². The first kappa shape index (κ1) is 32.7. The summed E-state index contributed by atoms with van der Waals surface area (Å²) in [7, 11) is 3.89. The van der Waals surface area contributed by atoms with Crippen molar-refractivity contribution in [3.05, 3.63) is 92.4 Å². The highest BCUT2D eigenvalue weighted by atomic mass is 19.2. The number of nitrogens with zero attached hydrogens (tertiary/aromatic N) is 2. The molecule has 0 spiro atoms. The molecule has 2 N–H and O–H groups in total. The molecule has 0 bridgehead atoms. The fourth-order valence-corrected chi connectivity index (χ4v) is 5.29. The van der Waals surface area contributed by atoms with Gasteiger partial charge in [-0.05, 0) is 99.1 Å². The summed E-state index contributed by atoms with van der Waals surface area (Å²) in [5, 5.41) is 12.3. The van der Waals surface area contributed by atoms with Crippen LogP contribution < -0.4 is 10.9 Å². The second kappa shape index (κ2) is 13.9. The third-order valence-electron chi connectivity index (χ3n) is 7.45. The minimum atomic E-state index is -1.38. The Morgan fingerprint density at radius 2 is 1.67 bits per heavy atom. The lowest BCUT2D eigenvalue weighted by atomic mass is 9.92. The van der Waals surface area contributed by atoms with Crippen molar-refractivity contribution in [2.24, 2.45) is 5.92 Å². The molecule has 1 amide bonds. The van der Waals surface area contributed by atoms with E-state index in [-0.39, 0.29) is 23.5 Å². The molecule has 7 nitrogen and oxygen atoms in total. The summed E-state index contributed by atoms with van der Waals surface area (Å²) in [5.74, 6) is -4.31. The van der Waals surface area contributed by atoms with Gasteiger partial charge in [-0.25, -0.2) is 8.78 Å². The summed E-state index contributed by atoms with van der Waals surface area (Å²) in [6, 6.07) is 7.16. The Balaban J connectivity index is 2.09. The molecule has 0 fully saturated rings. The molecule has 0 aliphatic rings. The third kappa shape index (κ3) is 7.91. The minimum absolute atomic E-state index is 0.00126. The van der Waals surface area contributed by atoms with Crippen molar-refractivity contribution < 1.29 is 23.5 Å². The first-order chi connectivity index (χ1) is 19.7. The SMILES string of the molecule is Cc1cc(=O)n([C@@H](CC(C)C)C(=O)N[C@@H](CC(=O)O)c2cc(-c3c(C)cccc3C)cc(F)c2F)cc1CCN(C)C. The average Bonchev–Trinajstić information content (AvgIpc) is 2.88. The van der Waals surface area contributed by atoms with E-state index < -0.39 is 42.0 Å². The van der Waals surface area contributed by atoms with Gasteiger partial charge in [-0.15, -0.1) is 0 Å². The van der Waals surface area contributed by atoms with Crippen LogP contribution in [0.25, 0.3) is 11.1 Å². The number of carbonyl (C=O) groups is 2. The number of aryl methyl sites for hydroxylation is 3. The highest BCUT2D eigenvalue weighted by Crippen LogP contribution is 2.33. The van der Waals surface area contributed by atoms with Gasteiger partial charge in [0.15, 0.2) is 11.6 Å². The molecule has 0 radical (unpaired) electrons. The lowest BCUT2D eigenvalue weighted by Gasteiger charge is -2.26. The van der Waals surface area contributed by atoms with E-state index in [0.717, 1.165) is 34.9 Å². The maximum Gasteiger partial charge on any atom is 0.305 e. The molecular weight excluding hydrogens is 540 g/mol. The lowest BCUT2D eigenvalue weighted by Crippen LogP contribution is -2.40. The monoisotopic (exact) mass is 581 g/mol. The largest absolute Gasteiger partial charge is 0.481 e. The molecule has 42 heavy (non-hydrogen) atoms. The molecule has 2 aromatic carbocycles. The number of amides is 1. The fraction of sp³-hybridized carbons (Fsp3) is 0.424. The number of aliphatic carboxylic acids is 1. The van der Waals surface area contributed by atoms with Gasteiger partial charge in [-0.1, -0.05) is 32.0 Å². The fourth-order valence-electron chi connectivity index (χ4n) is 5.29. The molecule has 1 heterocycles. The van der Waals surface area contributed by atoms with E-state index in [0.29, 0.717) is 17.5 Å². The van der Waals surface area contributed by atoms with Crippen LogP contribution in [0.2, 0.25) is 0 Å². The number of hydrogen-bond donors (Lipinski definition) is 2. The zero-order valence-corrected chi connectivity index (χ0v) is 25.4. The first-order valence-corrected chi connectivity index (χ1v) is 14.1. The zero-order chi connectivity index (χ0) is 31.3. The van der Waals surface area contributed by atoms with Crippen molar-refractivity contribution in [1.29, 1.82) is 0 Å². The highest BCUT2D eigenvalue weighted by Gasteiger charge is 2.30. The van der Waals surface area contributed by atoms with E-state index in [1.54, 1.807) is 6.20 Å². The first-order valence-electron chi connectivity index (χ1n) is 14.1. The van der Waals surface area contributed by atoms with Gasteiger partial charge in [-0.3, -0.25) is 14.4 Å². The minimum Gasteiger partial charge on any atom is -0.481 e. The zero-order valence-electron chi connectivity index (χ0n) is 25.4. The van der Waals surface area contributed by atoms with Crippen molar-refractivity contribution >= 4 is 11.9 Å². The predicted octanol–water partition coefficient (Wildman–Crippen LogP) is 5.74. The van der Waals surface area contributed by atoms with Gasteiger partial charge in [0, 0.05) is 24.4 Å². The second-order valence-electron chi connectivity index (χ2n) is 11.7. The van der Waals surface area contributed by atoms with Crippen LogP contribution in [0.4, 0.5) is 8.78 Å². The Morgan fingerprint density at radius 3 is 2.24 bits per heavy atom. The number of nitrogens with one attached hydrogen (secondary N) is 1. The molecule has 1 aromatic heterocycles. The average molecular weight is 582 g/mol. The topological polar surface area (TPSA) is 91.6 Å². The van der Waals surface area contributed by atoms with Gasteiger partial charge >= 0.3 is 5.97 Å². The second-order valence-corrected chi connectivity index (χ2v) is 11.7. The normalized spacial score (nSPS) is 12.9. The molecule has 3 rings (SSSR count). The predicted molar refractivity (Wildman–Crippen MR) is 161 cm³/mol. The van der Waals surface area contributed by atoms with Crippen molar-refractivity contribution in [3.63, 3.8) is 0 Å². The van der Waals surface area contributed by atoms with Crippen LogP contribution >= 0.6 is 0 Å². The summed E-state index contributed by atoms with van der Waals surface area (Å²) >= 11 is 0. The Morgan fingerprint density at radius 1 is 1.02 bits per heavy atom. The molecule has 0 saturated carbocycles. The third-order valence-corrected chi connectivity index (χ3v) is 7.45. The van der Waals surface area contributed by atoms with E-state index in [2.05, 4.69) is 5.32 Å². The van der Waals surface area contributed by atoms with E-state index in [4.69, 9.17) is 0 Å². The number of aromatic nitrogens is 1. The summed E-state index contributed by atoms with van der Waals surface area (Å²) in [6.07, 6.45) is 1.94. The number of pyridine rings is 1. The van der Waals surface area contributed by atoms with Crippen molar-refractivity contribution in [2.45, 2.75) is 66.0 Å². The van der Waals surface area contributed by atoms with E-state index in [9.17, 15) is 23.9 Å². The summed E-state index contributed by atoms with van der Waals surface area (Å²) in [4.78, 5) is 40.9. The number of halogens is 2. The quantitative estimate of drug-likeness (QED) is 0.285. The molecule has 0 aliphatic carbocycles. The molecule has 3 aromatic rings. The smallest absolute Gasteiger partial charge is 0.305 e. The van der Waals surface area contributed by atoms with Gasteiger partial charge in [-0.2, -0.15) is 0 Å².